The molecule has 1 heterocycles. The smallest absolute Gasteiger partial charge is 0.138 e. The Morgan fingerprint density at radius 1 is 1.38 bits per heavy atom. The Bertz CT molecular complexity index is 583. The molecule has 0 fully saturated rings. The van der Waals surface area contributed by atoms with E-state index in [0.717, 1.165) is 39.6 Å². The number of halogens is 1. The first-order chi connectivity index (χ1) is 10.1. The number of nitrogens with zero attached hydrogens (tertiary/aromatic N) is 1. The Morgan fingerprint density at radius 3 is 2.86 bits per heavy atom. The first-order valence-corrected chi connectivity index (χ1v) is 8.84. The third-order valence-electron chi connectivity index (χ3n) is 3.04. The largest absolute Gasteiger partial charge is 0.486 e. The first kappa shape index (κ1) is 16.5. The molecule has 0 saturated heterocycles. The summed E-state index contributed by atoms with van der Waals surface area (Å²) in [6.45, 7) is 8.67. The van der Waals surface area contributed by atoms with Crippen LogP contribution in [0.4, 0.5) is 0 Å². The van der Waals surface area contributed by atoms with E-state index in [-0.39, 0.29) is 0 Å². The lowest BCUT2D eigenvalue weighted by molar-refractivity contribution is 0.296. The van der Waals surface area contributed by atoms with Crippen molar-refractivity contribution >= 4 is 27.3 Å². The fourth-order valence-corrected chi connectivity index (χ4v) is 3.26. The summed E-state index contributed by atoms with van der Waals surface area (Å²) >= 11 is 5.27. The van der Waals surface area contributed by atoms with E-state index in [1.165, 1.54) is 0 Å². The molecule has 0 amide bonds. The molecule has 0 atom stereocenters. The number of hydrogen-bond acceptors (Lipinski definition) is 4. The monoisotopic (exact) mass is 368 g/mol. The maximum atomic E-state index is 6.00. The summed E-state index contributed by atoms with van der Waals surface area (Å²) in [4.78, 5) is 4.61. The van der Waals surface area contributed by atoms with Gasteiger partial charge in [0.15, 0.2) is 0 Å². The molecule has 0 aliphatic carbocycles. The van der Waals surface area contributed by atoms with Crippen molar-refractivity contribution in [2.45, 2.75) is 39.8 Å². The third kappa shape index (κ3) is 4.53. The molecule has 1 N–H and O–H groups in total. The lowest BCUT2D eigenvalue weighted by Crippen LogP contribution is -2.13. The van der Waals surface area contributed by atoms with Crippen LogP contribution in [0.1, 0.15) is 43.0 Å². The average Bonchev–Trinajstić information content (AvgIpc) is 2.93. The summed E-state index contributed by atoms with van der Waals surface area (Å²) in [5.74, 6) is 1.37. The molecule has 0 bridgehead atoms. The van der Waals surface area contributed by atoms with Crippen molar-refractivity contribution in [2.24, 2.45) is 0 Å². The van der Waals surface area contributed by atoms with Gasteiger partial charge in [0.2, 0.25) is 0 Å². The second-order valence-electron chi connectivity index (χ2n) is 5.13. The molecule has 1 aromatic heterocycles. The summed E-state index contributed by atoms with van der Waals surface area (Å²) < 4.78 is 6.98. The molecule has 2 rings (SSSR count). The van der Waals surface area contributed by atoms with E-state index in [1.54, 1.807) is 11.3 Å². The minimum atomic E-state index is 0.469. The van der Waals surface area contributed by atoms with Gasteiger partial charge in [0.05, 0.1) is 15.2 Å². The molecule has 5 heteroatoms. The van der Waals surface area contributed by atoms with Crippen LogP contribution in [0.25, 0.3) is 0 Å². The summed E-state index contributed by atoms with van der Waals surface area (Å²) in [5.41, 5.74) is 2.15. The second kappa shape index (κ2) is 7.92. The van der Waals surface area contributed by atoms with Gasteiger partial charge in [-0.2, -0.15) is 0 Å². The molecule has 0 unspecified atom stereocenters. The second-order valence-corrected chi connectivity index (χ2v) is 6.87. The van der Waals surface area contributed by atoms with Crippen molar-refractivity contribution < 1.29 is 4.74 Å². The van der Waals surface area contributed by atoms with E-state index in [1.807, 2.05) is 12.1 Å². The van der Waals surface area contributed by atoms with E-state index in [9.17, 15) is 0 Å². The number of thiazole rings is 1. The maximum Gasteiger partial charge on any atom is 0.138 e. The van der Waals surface area contributed by atoms with Crippen LogP contribution in [-0.2, 0) is 13.2 Å². The van der Waals surface area contributed by atoms with Gasteiger partial charge in [0.25, 0.3) is 0 Å². The van der Waals surface area contributed by atoms with Crippen molar-refractivity contribution in [2.75, 3.05) is 6.54 Å². The highest BCUT2D eigenvalue weighted by molar-refractivity contribution is 9.10. The van der Waals surface area contributed by atoms with Crippen molar-refractivity contribution in [3.63, 3.8) is 0 Å². The number of nitrogens with one attached hydrogen (secondary N) is 1. The predicted molar refractivity (Wildman–Crippen MR) is 92.1 cm³/mol. The normalized spacial score (nSPS) is 11.1. The third-order valence-corrected chi connectivity index (χ3v) is 4.86. The summed E-state index contributed by atoms with van der Waals surface area (Å²) in [6.07, 6.45) is 0. The zero-order chi connectivity index (χ0) is 15.2. The van der Waals surface area contributed by atoms with Crippen LogP contribution in [0.5, 0.6) is 5.75 Å². The minimum Gasteiger partial charge on any atom is -0.486 e. The lowest BCUT2D eigenvalue weighted by atomic mass is 10.2. The van der Waals surface area contributed by atoms with Crippen LogP contribution in [0.2, 0.25) is 0 Å². The highest BCUT2D eigenvalue weighted by atomic mass is 79.9. The van der Waals surface area contributed by atoms with Crippen LogP contribution in [0.3, 0.4) is 0 Å². The minimum absolute atomic E-state index is 0.469. The van der Waals surface area contributed by atoms with E-state index < -0.39 is 0 Å². The molecule has 2 aromatic rings. The van der Waals surface area contributed by atoms with Gasteiger partial charge in [-0.25, -0.2) is 4.98 Å². The maximum absolute atomic E-state index is 6.00. The quantitative estimate of drug-likeness (QED) is 0.767. The van der Waals surface area contributed by atoms with Gasteiger partial charge in [-0.1, -0.05) is 32.9 Å². The Hall–Kier alpha value is -0.910. The van der Waals surface area contributed by atoms with E-state index in [0.29, 0.717) is 12.5 Å². The Labute approximate surface area is 138 Å². The Balaban J connectivity index is 2.07. The van der Waals surface area contributed by atoms with E-state index in [2.05, 4.69) is 58.4 Å². The van der Waals surface area contributed by atoms with Crippen LogP contribution >= 0.6 is 27.3 Å². The highest BCUT2D eigenvalue weighted by Gasteiger charge is 2.10. The van der Waals surface area contributed by atoms with Gasteiger partial charge in [-0.05, 0) is 28.5 Å². The molecule has 3 nitrogen and oxygen atoms in total. The Morgan fingerprint density at radius 2 is 2.19 bits per heavy atom. The van der Waals surface area contributed by atoms with Crippen molar-refractivity contribution in [1.29, 1.82) is 0 Å². The van der Waals surface area contributed by atoms with Crippen molar-refractivity contribution in [3.05, 3.63) is 44.3 Å². The predicted octanol–water partition coefficient (Wildman–Crippen LogP) is 4.72. The molecular weight excluding hydrogens is 348 g/mol. The van der Waals surface area contributed by atoms with E-state index in [4.69, 9.17) is 4.74 Å². The number of hydrogen-bond donors (Lipinski definition) is 1. The molecule has 0 saturated carbocycles. The van der Waals surface area contributed by atoms with Gasteiger partial charge in [0, 0.05) is 23.4 Å². The molecular formula is C16H21BrN2OS. The molecule has 1 aromatic carbocycles. The van der Waals surface area contributed by atoms with Gasteiger partial charge in [-0.3, -0.25) is 0 Å². The summed E-state index contributed by atoms with van der Waals surface area (Å²) in [7, 11) is 0. The van der Waals surface area contributed by atoms with Crippen LogP contribution in [-0.4, -0.2) is 11.5 Å². The van der Waals surface area contributed by atoms with Crippen LogP contribution < -0.4 is 10.1 Å². The topological polar surface area (TPSA) is 34.1 Å². The summed E-state index contributed by atoms with van der Waals surface area (Å²) in [5, 5.41) is 6.58. The molecule has 114 valence electrons. The Kier molecular flexibility index (Phi) is 6.21. The fraction of sp³-hybridized carbons (Fsp3) is 0.438. The molecule has 0 aliphatic heterocycles. The van der Waals surface area contributed by atoms with Gasteiger partial charge in [-0.15, -0.1) is 11.3 Å². The fourth-order valence-electron chi connectivity index (χ4n) is 1.91. The zero-order valence-corrected chi connectivity index (χ0v) is 15.1. The standard InChI is InChI=1S/C16H21BrN2OS/c1-4-18-8-12-6-5-7-14(17)15(12)20-9-13-10-21-16(19-13)11(2)3/h5-7,10-11,18H,4,8-9H2,1-3H3. The highest BCUT2D eigenvalue weighted by Crippen LogP contribution is 2.30. The van der Waals surface area contributed by atoms with Gasteiger partial charge in [0.1, 0.15) is 12.4 Å². The van der Waals surface area contributed by atoms with Gasteiger partial charge < -0.3 is 10.1 Å². The van der Waals surface area contributed by atoms with E-state index >= 15 is 0 Å². The van der Waals surface area contributed by atoms with Crippen molar-refractivity contribution in [1.82, 2.24) is 10.3 Å². The molecule has 0 spiro atoms. The van der Waals surface area contributed by atoms with Gasteiger partial charge >= 0.3 is 0 Å². The number of rotatable bonds is 7. The first-order valence-electron chi connectivity index (χ1n) is 7.17. The van der Waals surface area contributed by atoms with Crippen LogP contribution in [0, 0.1) is 0 Å². The number of ether oxygens (including phenoxy) is 1. The lowest BCUT2D eigenvalue weighted by Gasteiger charge is -2.13. The molecule has 0 radical (unpaired) electrons. The number of benzene rings is 1. The number of aromatic nitrogens is 1. The van der Waals surface area contributed by atoms with Crippen molar-refractivity contribution in [3.8, 4) is 5.75 Å². The average molecular weight is 369 g/mol. The zero-order valence-electron chi connectivity index (χ0n) is 12.6. The SMILES string of the molecule is CCNCc1cccc(Br)c1OCc1csc(C(C)C)n1. The summed E-state index contributed by atoms with van der Waals surface area (Å²) in [6, 6.07) is 6.12. The molecule has 0 aliphatic rings. The molecule has 21 heavy (non-hydrogen) atoms. The van der Waals surface area contributed by atoms with Crippen LogP contribution in [0.15, 0.2) is 28.1 Å². The number of para-hydroxylation sites is 1.